The Bertz CT molecular complexity index is 689. The van der Waals surface area contributed by atoms with Gasteiger partial charge in [-0.15, -0.1) is 0 Å². The number of hydrogen-bond acceptors (Lipinski definition) is 4. The van der Waals surface area contributed by atoms with E-state index in [1.54, 1.807) is 6.07 Å². The molecule has 0 aliphatic heterocycles. The van der Waals surface area contributed by atoms with Gasteiger partial charge in [-0.1, -0.05) is 5.16 Å². The van der Waals surface area contributed by atoms with Crippen molar-refractivity contribution >= 4 is 0 Å². The third-order valence-corrected chi connectivity index (χ3v) is 4.65. The third-order valence-electron chi connectivity index (χ3n) is 4.65. The average Bonchev–Trinajstić information content (AvgIpc) is 2.83. The van der Waals surface area contributed by atoms with Crippen LogP contribution in [-0.2, 0) is 6.54 Å². The Morgan fingerprint density at radius 1 is 1.27 bits per heavy atom. The van der Waals surface area contributed by atoms with Crippen LogP contribution in [0.25, 0.3) is 11.1 Å². The summed E-state index contributed by atoms with van der Waals surface area (Å²) in [6, 6.07) is 3.82. The lowest BCUT2D eigenvalue weighted by Crippen LogP contribution is -2.30. The molecule has 2 aromatic heterocycles. The highest BCUT2D eigenvalue weighted by molar-refractivity contribution is 5.66. The zero-order valence-corrected chi connectivity index (χ0v) is 13.2. The maximum Gasteiger partial charge on any atom is 0.250 e. The van der Waals surface area contributed by atoms with E-state index in [9.17, 15) is 4.79 Å². The van der Waals surface area contributed by atoms with Gasteiger partial charge in [0.05, 0.1) is 5.69 Å². The molecule has 0 saturated heterocycles. The Labute approximate surface area is 130 Å². The molecule has 1 aliphatic carbocycles. The van der Waals surface area contributed by atoms with Crippen molar-refractivity contribution in [2.75, 3.05) is 0 Å². The summed E-state index contributed by atoms with van der Waals surface area (Å²) in [6.07, 6.45) is 6.25. The number of hydrogen-bond donors (Lipinski definition) is 1. The van der Waals surface area contributed by atoms with Gasteiger partial charge in [0.15, 0.2) is 0 Å². The van der Waals surface area contributed by atoms with Crippen LogP contribution in [0.1, 0.15) is 37.1 Å². The van der Waals surface area contributed by atoms with Gasteiger partial charge in [-0.05, 0) is 51.5 Å². The molecule has 0 atom stereocenters. The number of pyridine rings is 1. The average molecular weight is 301 g/mol. The van der Waals surface area contributed by atoms with Crippen LogP contribution >= 0.6 is 0 Å². The van der Waals surface area contributed by atoms with Gasteiger partial charge in [-0.2, -0.15) is 0 Å². The van der Waals surface area contributed by atoms with Gasteiger partial charge >= 0.3 is 0 Å². The smallest absolute Gasteiger partial charge is 0.250 e. The number of nitrogens with two attached hydrogens (primary N) is 1. The van der Waals surface area contributed by atoms with Crippen molar-refractivity contribution in [2.24, 2.45) is 11.7 Å². The Balaban J connectivity index is 1.86. The number of aromatic nitrogens is 2. The van der Waals surface area contributed by atoms with E-state index in [2.05, 4.69) is 5.16 Å². The maximum atomic E-state index is 12.1. The van der Waals surface area contributed by atoms with Crippen molar-refractivity contribution in [2.45, 2.75) is 52.1 Å². The molecule has 0 unspecified atom stereocenters. The minimum atomic E-state index is 0.0467. The van der Waals surface area contributed by atoms with Crippen LogP contribution in [0.15, 0.2) is 27.6 Å². The molecule has 0 amide bonds. The molecule has 5 nitrogen and oxygen atoms in total. The molecule has 1 saturated carbocycles. The van der Waals surface area contributed by atoms with Gasteiger partial charge in [0, 0.05) is 36.0 Å². The van der Waals surface area contributed by atoms with E-state index >= 15 is 0 Å². The van der Waals surface area contributed by atoms with Crippen molar-refractivity contribution in [3.05, 3.63) is 40.1 Å². The summed E-state index contributed by atoms with van der Waals surface area (Å²) in [6.45, 7) is 4.58. The van der Waals surface area contributed by atoms with Gasteiger partial charge in [-0.25, -0.2) is 0 Å². The Hall–Kier alpha value is -1.88. The largest absolute Gasteiger partial charge is 0.361 e. The van der Waals surface area contributed by atoms with E-state index in [1.165, 1.54) is 0 Å². The van der Waals surface area contributed by atoms with E-state index in [0.29, 0.717) is 12.0 Å². The van der Waals surface area contributed by atoms with Crippen LogP contribution in [0.5, 0.6) is 0 Å². The predicted octanol–water partition coefficient (Wildman–Crippen LogP) is 2.64. The summed E-state index contributed by atoms with van der Waals surface area (Å²) < 4.78 is 7.05. The quantitative estimate of drug-likeness (QED) is 0.945. The first-order valence-electron chi connectivity index (χ1n) is 7.94. The third kappa shape index (κ3) is 2.99. The molecule has 0 bridgehead atoms. The zero-order chi connectivity index (χ0) is 15.7. The molecule has 2 N–H and O–H groups in total. The first-order valence-corrected chi connectivity index (χ1v) is 7.94. The molecule has 2 heterocycles. The highest BCUT2D eigenvalue weighted by Gasteiger charge is 2.20. The van der Waals surface area contributed by atoms with E-state index in [1.807, 2.05) is 30.7 Å². The van der Waals surface area contributed by atoms with Crippen LogP contribution in [0.4, 0.5) is 0 Å². The molecule has 5 heteroatoms. The lowest BCUT2D eigenvalue weighted by Gasteiger charge is -2.26. The fraction of sp³-hybridized carbons (Fsp3) is 0.529. The highest BCUT2D eigenvalue weighted by Crippen LogP contribution is 2.27. The van der Waals surface area contributed by atoms with Crippen molar-refractivity contribution in [1.29, 1.82) is 0 Å². The molecular formula is C17H23N3O2. The van der Waals surface area contributed by atoms with Crippen LogP contribution in [-0.4, -0.2) is 15.8 Å². The normalized spacial score (nSPS) is 22.0. The predicted molar refractivity (Wildman–Crippen MR) is 85.6 cm³/mol. The summed E-state index contributed by atoms with van der Waals surface area (Å²) >= 11 is 0. The maximum absolute atomic E-state index is 12.1. The van der Waals surface area contributed by atoms with Crippen LogP contribution in [0, 0.1) is 19.8 Å². The van der Waals surface area contributed by atoms with Crippen molar-refractivity contribution in [3.63, 3.8) is 0 Å². The van der Waals surface area contributed by atoms with Crippen LogP contribution < -0.4 is 11.3 Å². The molecule has 1 aliphatic rings. The van der Waals surface area contributed by atoms with Gasteiger partial charge in [0.25, 0.3) is 5.56 Å². The Morgan fingerprint density at radius 3 is 2.64 bits per heavy atom. The summed E-state index contributed by atoms with van der Waals surface area (Å²) in [7, 11) is 0. The molecule has 0 spiro atoms. The van der Waals surface area contributed by atoms with Gasteiger partial charge in [0.2, 0.25) is 0 Å². The summed E-state index contributed by atoms with van der Waals surface area (Å²) in [5, 5.41) is 3.99. The van der Waals surface area contributed by atoms with Gasteiger partial charge in [0.1, 0.15) is 5.76 Å². The monoisotopic (exact) mass is 301 g/mol. The Morgan fingerprint density at radius 2 is 2.00 bits per heavy atom. The molecule has 118 valence electrons. The Kier molecular flexibility index (Phi) is 4.16. The van der Waals surface area contributed by atoms with Crippen molar-refractivity contribution in [1.82, 2.24) is 9.72 Å². The molecule has 2 aromatic rings. The van der Waals surface area contributed by atoms with Crippen molar-refractivity contribution in [3.8, 4) is 11.1 Å². The second-order valence-corrected chi connectivity index (χ2v) is 6.39. The second-order valence-electron chi connectivity index (χ2n) is 6.39. The van der Waals surface area contributed by atoms with E-state index in [4.69, 9.17) is 10.3 Å². The molecule has 1 fully saturated rings. The highest BCUT2D eigenvalue weighted by atomic mass is 16.5. The molecule has 22 heavy (non-hydrogen) atoms. The topological polar surface area (TPSA) is 74.0 Å². The lowest BCUT2D eigenvalue weighted by atomic mass is 9.86. The first kappa shape index (κ1) is 15.0. The summed E-state index contributed by atoms with van der Waals surface area (Å²) in [5.74, 6) is 1.32. The minimum Gasteiger partial charge on any atom is -0.361 e. The first-order chi connectivity index (χ1) is 10.5. The van der Waals surface area contributed by atoms with Gasteiger partial charge in [-0.3, -0.25) is 4.79 Å². The van der Waals surface area contributed by atoms with Crippen LogP contribution in [0.3, 0.4) is 0 Å². The molecule has 0 aromatic carbocycles. The summed E-state index contributed by atoms with van der Waals surface area (Å²) in [5.41, 5.74) is 8.83. The summed E-state index contributed by atoms with van der Waals surface area (Å²) in [4.78, 5) is 12.1. The number of nitrogens with zero attached hydrogens (tertiary/aromatic N) is 2. The number of aryl methyl sites for hydroxylation is 2. The molecular weight excluding hydrogens is 278 g/mol. The standard InChI is InChI=1S/C17H23N3O2/c1-11-17(12(2)22-19-11)14-5-8-16(21)20(10-14)9-13-3-6-15(18)7-4-13/h5,8,10,13,15H,3-4,6-7,9,18H2,1-2H3. The number of rotatable bonds is 3. The zero-order valence-electron chi connectivity index (χ0n) is 13.2. The fourth-order valence-corrected chi connectivity index (χ4v) is 3.37. The molecule has 3 rings (SSSR count). The lowest BCUT2D eigenvalue weighted by molar-refractivity contribution is 0.292. The van der Waals surface area contributed by atoms with Crippen molar-refractivity contribution < 1.29 is 4.52 Å². The van der Waals surface area contributed by atoms with E-state index in [0.717, 1.165) is 54.8 Å². The van der Waals surface area contributed by atoms with E-state index in [-0.39, 0.29) is 5.56 Å². The SMILES string of the molecule is Cc1noc(C)c1-c1ccc(=O)n(CC2CCC(N)CC2)c1. The van der Waals surface area contributed by atoms with Crippen LogP contribution in [0.2, 0.25) is 0 Å². The fourth-order valence-electron chi connectivity index (χ4n) is 3.37. The van der Waals surface area contributed by atoms with E-state index < -0.39 is 0 Å². The van der Waals surface area contributed by atoms with Gasteiger partial charge < -0.3 is 14.8 Å². The minimum absolute atomic E-state index is 0.0467. The molecule has 0 radical (unpaired) electrons. The second kappa shape index (κ2) is 6.08.